The lowest BCUT2D eigenvalue weighted by atomic mass is 10.2. The summed E-state index contributed by atoms with van der Waals surface area (Å²) in [5.41, 5.74) is 0.959. The van der Waals surface area contributed by atoms with Crippen LogP contribution in [0.1, 0.15) is 0 Å². The van der Waals surface area contributed by atoms with Crippen LogP contribution in [0.2, 0.25) is 5.02 Å². The van der Waals surface area contributed by atoms with Gasteiger partial charge in [0.05, 0.1) is 0 Å². The van der Waals surface area contributed by atoms with E-state index in [2.05, 4.69) is 4.90 Å². The molecule has 0 saturated carbocycles. The Morgan fingerprint density at radius 3 is 2.30 bits per heavy atom. The fraction of sp³-hybridized carbons (Fsp3) is 0.250. The van der Waals surface area contributed by atoms with E-state index >= 15 is 0 Å². The Morgan fingerprint density at radius 1 is 0.957 bits per heavy atom. The third-order valence-electron chi connectivity index (χ3n) is 3.87. The van der Waals surface area contributed by atoms with E-state index in [1.807, 2.05) is 18.2 Å². The van der Waals surface area contributed by atoms with Crippen LogP contribution in [0.5, 0.6) is 0 Å². The zero-order valence-electron chi connectivity index (χ0n) is 12.3. The van der Waals surface area contributed by atoms with Gasteiger partial charge in [-0.2, -0.15) is 4.31 Å². The van der Waals surface area contributed by atoms with Crippen molar-refractivity contribution >= 4 is 27.3 Å². The number of hydrogen-bond donors (Lipinski definition) is 0. The summed E-state index contributed by atoms with van der Waals surface area (Å²) in [6.07, 6.45) is 0. The molecule has 0 atom stereocenters. The molecular formula is C16H16ClFN2O2S. The van der Waals surface area contributed by atoms with Gasteiger partial charge in [0.15, 0.2) is 0 Å². The number of halogens is 2. The highest BCUT2D eigenvalue weighted by atomic mass is 35.5. The van der Waals surface area contributed by atoms with Gasteiger partial charge in [-0.05, 0) is 30.3 Å². The first-order chi connectivity index (χ1) is 11.0. The summed E-state index contributed by atoms with van der Waals surface area (Å²) < 4.78 is 40.2. The number of rotatable bonds is 3. The van der Waals surface area contributed by atoms with Crippen LogP contribution in [0, 0.1) is 5.82 Å². The molecule has 3 rings (SSSR count). The van der Waals surface area contributed by atoms with E-state index in [1.54, 1.807) is 6.07 Å². The van der Waals surface area contributed by atoms with Crippen molar-refractivity contribution in [2.45, 2.75) is 4.90 Å². The molecule has 0 amide bonds. The van der Waals surface area contributed by atoms with Crippen molar-refractivity contribution in [1.29, 1.82) is 0 Å². The molecule has 2 aromatic carbocycles. The molecular weight excluding hydrogens is 339 g/mol. The van der Waals surface area contributed by atoms with E-state index in [0.717, 1.165) is 11.8 Å². The van der Waals surface area contributed by atoms with Crippen LogP contribution in [-0.2, 0) is 10.0 Å². The molecule has 2 aromatic rings. The van der Waals surface area contributed by atoms with Crippen LogP contribution in [0.25, 0.3) is 0 Å². The normalized spacial score (nSPS) is 16.5. The Morgan fingerprint density at radius 2 is 1.65 bits per heavy atom. The lowest BCUT2D eigenvalue weighted by Crippen LogP contribution is -2.48. The second kappa shape index (κ2) is 6.47. The molecule has 1 aliphatic heterocycles. The summed E-state index contributed by atoms with van der Waals surface area (Å²) in [5.74, 6) is -0.718. The van der Waals surface area contributed by atoms with Gasteiger partial charge in [0.2, 0.25) is 10.0 Å². The molecule has 4 nitrogen and oxygen atoms in total. The molecule has 7 heteroatoms. The molecule has 1 aliphatic rings. The Kier molecular flexibility index (Phi) is 4.57. The monoisotopic (exact) mass is 354 g/mol. The first kappa shape index (κ1) is 16.2. The van der Waals surface area contributed by atoms with Crippen molar-refractivity contribution < 1.29 is 12.8 Å². The van der Waals surface area contributed by atoms with Gasteiger partial charge in [-0.15, -0.1) is 0 Å². The summed E-state index contributed by atoms with van der Waals surface area (Å²) in [6, 6.07) is 12.9. The number of anilines is 1. The standard InChI is InChI=1S/C16H16ClFN2O2S/c17-13-4-3-5-14(12-13)19-8-10-20(11-9-19)23(21,22)16-7-2-1-6-15(16)18/h1-7,12H,8-11H2. The fourth-order valence-corrected chi connectivity index (χ4v) is 4.32. The molecule has 0 aliphatic carbocycles. The van der Waals surface area contributed by atoms with Crippen LogP contribution >= 0.6 is 11.6 Å². The highest BCUT2D eigenvalue weighted by molar-refractivity contribution is 7.89. The zero-order chi connectivity index (χ0) is 16.4. The second-order valence-corrected chi connectivity index (χ2v) is 7.64. The predicted molar refractivity (Wildman–Crippen MR) is 88.8 cm³/mol. The molecule has 0 aromatic heterocycles. The van der Waals surface area contributed by atoms with Crippen LogP contribution in [0.3, 0.4) is 0 Å². The van der Waals surface area contributed by atoms with Gasteiger partial charge in [-0.1, -0.05) is 29.8 Å². The Labute approximate surface area is 140 Å². The third-order valence-corrected chi connectivity index (χ3v) is 6.03. The first-order valence-electron chi connectivity index (χ1n) is 7.24. The molecule has 0 unspecified atom stereocenters. The van der Waals surface area contributed by atoms with E-state index < -0.39 is 15.8 Å². The summed E-state index contributed by atoms with van der Waals surface area (Å²) in [6.45, 7) is 1.69. The predicted octanol–water partition coefficient (Wildman–Crippen LogP) is 2.99. The van der Waals surface area contributed by atoms with Gasteiger partial charge in [-0.3, -0.25) is 0 Å². The van der Waals surface area contributed by atoms with Crippen molar-refractivity contribution in [3.63, 3.8) is 0 Å². The lowest BCUT2D eigenvalue weighted by Gasteiger charge is -2.35. The summed E-state index contributed by atoms with van der Waals surface area (Å²) in [5, 5.41) is 0.643. The Balaban J connectivity index is 1.75. The van der Waals surface area contributed by atoms with Crippen molar-refractivity contribution in [3.05, 3.63) is 59.4 Å². The summed E-state index contributed by atoms with van der Waals surface area (Å²) >= 11 is 5.99. The number of benzene rings is 2. The summed E-state index contributed by atoms with van der Waals surface area (Å²) in [4.78, 5) is 1.80. The lowest BCUT2D eigenvalue weighted by molar-refractivity contribution is 0.382. The van der Waals surface area contributed by atoms with Crippen molar-refractivity contribution in [2.24, 2.45) is 0 Å². The average molecular weight is 355 g/mol. The summed E-state index contributed by atoms with van der Waals surface area (Å²) in [7, 11) is -3.80. The quantitative estimate of drug-likeness (QED) is 0.850. The van der Waals surface area contributed by atoms with E-state index in [0.29, 0.717) is 31.2 Å². The van der Waals surface area contributed by atoms with E-state index in [1.165, 1.54) is 22.5 Å². The van der Waals surface area contributed by atoms with Gasteiger partial charge in [0.1, 0.15) is 10.7 Å². The number of piperazine rings is 1. The Bertz CT molecular complexity index is 805. The van der Waals surface area contributed by atoms with E-state index in [9.17, 15) is 12.8 Å². The fourth-order valence-electron chi connectivity index (χ4n) is 2.65. The third kappa shape index (κ3) is 3.34. The smallest absolute Gasteiger partial charge is 0.246 e. The van der Waals surface area contributed by atoms with Crippen LogP contribution in [-0.4, -0.2) is 38.9 Å². The second-order valence-electron chi connectivity index (χ2n) is 5.30. The Hall–Kier alpha value is -1.63. The van der Waals surface area contributed by atoms with Crippen LogP contribution < -0.4 is 4.90 Å². The van der Waals surface area contributed by atoms with Gasteiger partial charge < -0.3 is 4.90 Å². The van der Waals surface area contributed by atoms with Crippen molar-refractivity contribution in [3.8, 4) is 0 Å². The molecule has 23 heavy (non-hydrogen) atoms. The zero-order valence-corrected chi connectivity index (χ0v) is 13.9. The highest BCUT2D eigenvalue weighted by Gasteiger charge is 2.30. The SMILES string of the molecule is O=S(=O)(c1ccccc1F)N1CCN(c2cccc(Cl)c2)CC1. The molecule has 122 valence electrons. The first-order valence-corrected chi connectivity index (χ1v) is 9.05. The molecule has 0 radical (unpaired) electrons. The molecule has 1 saturated heterocycles. The molecule has 1 fully saturated rings. The van der Waals surface area contributed by atoms with E-state index in [4.69, 9.17) is 11.6 Å². The van der Waals surface area contributed by atoms with Gasteiger partial charge in [0, 0.05) is 36.9 Å². The molecule has 0 N–H and O–H groups in total. The molecule has 0 spiro atoms. The van der Waals surface area contributed by atoms with Gasteiger partial charge in [-0.25, -0.2) is 12.8 Å². The minimum Gasteiger partial charge on any atom is -0.369 e. The maximum Gasteiger partial charge on any atom is 0.246 e. The minimum atomic E-state index is -3.80. The average Bonchev–Trinajstić information content (AvgIpc) is 2.55. The molecule has 0 bridgehead atoms. The molecule has 1 heterocycles. The number of nitrogens with zero attached hydrogens (tertiary/aromatic N) is 2. The van der Waals surface area contributed by atoms with Crippen molar-refractivity contribution in [1.82, 2.24) is 4.31 Å². The topological polar surface area (TPSA) is 40.6 Å². The highest BCUT2D eigenvalue weighted by Crippen LogP contribution is 2.24. The maximum atomic E-state index is 13.8. The van der Waals surface area contributed by atoms with Crippen LogP contribution in [0.15, 0.2) is 53.4 Å². The van der Waals surface area contributed by atoms with Crippen LogP contribution in [0.4, 0.5) is 10.1 Å². The maximum absolute atomic E-state index is 13.8. The van der Waals surface area contributed by atoms with E-state index in [-0.39, 0.29) is 4.90 Å². The number of sulfonamides is 1. The van der Waals surface area contributed by atoms with Gasteiger partial charge >= 0.3 is 0 Å². The number of hydrogen-bond acceptors (Lipinski definition) is 3. The van der Waals surface area contributed by atoms with Gasteiger partial charge in [0.25, 0.3) is 0 Å². The minimum absolute atomic E-state index is 0.267. The van der Waals surface area contributed by atoms with Crippen molar-refractivity contribution in [2.75, 3.05) is 31.1 Å². The largest absolute Gasteiger partial charge is 0.369 e.